The summed E-state index contributed by atoms with van der Waals surface area (Å²) in [6.45, 7) is 2.22. The average Bonchev–Trinajstić information content (AvgIpc) is 3.14. The van der Waals surface area contributed by atoms with Crippen LogP contribution in [-0.2, 0) is 12.5 Å². The van der Waals surface area contributed by atoms with Crippen LogP contribution in [0.25, 0.3) is 11.3 Å². The molecule has 1 aliphatic heterocycles. The Bertz CT molecular complexity index is 813. The molecule has 0 saturated heterocycles. The first-order chi connectivity index (χ1) is 11.6. The standard InChI is InChI=1S/C22H26NO/c1-16-8-9-17-20(19(16)18-7-3-6-14-23(18)2)24-22(12-13-22)15-21(17)10-4-5-11-21/h3,6-9,14H,4-5,10-13,15H2,1-2H3/q+1. The molecule has 124 valence electrons. The molecule has 3 aliphatic rings. The van der Waals surface area contributed by atoms with Gasteiger partial charge in [0.2, 0.25) is 5.69 Å². The zero-order chi connectivity index (χ0) is 16.4. The highest BCUT2D eigenvalue weighted by molar-refractivity contribution is 5.73. The van der Waals surface area contributed by atoms with Gasteiger partial charge in [0.15, 0.2) is 6.20 Å². The van der Waals surface area contributed by atoms with E-state index < -0.39 is 0 Å². The van der Waals surface area contributed by atoms with Gasteiger partial charge in [0, 0.05) is 23.1 Å². The second-order valence-corrected chi connectivity index (χ2v) is 8.28. The Hall–Kier alpha value is -1.83. The molecule has 0 atom stereocenters. The van der Waals surface area contributed by atoms with Crippen LogP contribution in [-0.4, -0.2) is 5.60 Å². The van der Waals surface area contributed by atoms with Gasteiger partial charge >= 0.3 is 0 Å². The van der Waals surface area contributed by atoms with E-state index in [2.05, 4.69) is 55.1 Å². The number of ether oxygens (including phenoxy) is 1. The summed E-state index contributed by atoms with van der Waals surface area (Å²) in [6, 6.07) is 11.1. The molecule has 0 radical (unpaired) electrons. The van der Waals surface area contributed by atoms with Crippen molar-refractivity contribution in [1.82, 2.24) is 0 Å². The van der Waals surface area contributed by atoms with Crippen molar-refractivity contribution >= 4 is 0 Å². The Balaban J connectivity index is 1.77. The highest BCUT2D eigenvalue weighted by atomic mass is 16.5. The van der Waals surface area contributed by atoms with Crippen LogP contribution in [0.4, 0.5) is 0 Å². The molecule has 2 nitrogen and oxygen atoms in total. The van der Waals surface area contributed by atoms with Gasteiger partial charge < -0.3 is 4.74 Å². The number of nitrogens with zero attached hydrogens (tertiary/aromatic N) is 1. The van der Waals surface area contributed by atoms with E-state index in [-0.39, 0.29) is 5.60 Å². The second kappa shape index (κ2) is 4.84. The van der Waals surface area contributed by atoms with Gasteiger partial charge in [-0.1, -0.05) is 25.0 Å². The molecule has 2 saturated carbocycles. The quantitative estimate of drug-likeness (QED) is 0.699. The maximum absolute atomic E-state index is 6.73. The van der Waals surface area contributed by atoms with Crippen molar-refractivity contribution in [2.24, 2.45) is 7.05 Å². The third-order valence-electron chi connectivity index (χ3n) is 6.60. The van der Waals surface area contributed by atoms with E-state index in [1.165, 1.54) is 73.1 Å². The van der Waals surface area contributed by atoms with Crippen molar-refractivity contribution in [1.29, 1.82) is 0 Å². The lowest BCUT2D eigenvalue weighted by atomic mass is 9.71. The molecule has 2 spiro atoms. The number of fused-ring (bicyclic) bond motifs is 2. The summed E-state index contributed by atoms with van der Waals surface area (Å²) in [5.74, 6) is 1.20. The minimum absolute atomic E-state index is 0.146. The van der Waals surface area contributed by atoms with Gasteiger partial charge in [0.1, 0.15) is 18.4 Å². The Morgan fingerprint density at radius 3 is 2.50 bits per heavy atom. The monoisotopic (exact) mass is 320 g/mol. The summed E-state index contributed by atoms with van der Waals surface area (Å²) < 4.78 is 8.95. The first-order valence-electron chi connectivity index (χ1n) is 9.41. The Morgan fingerprint density at radius 1 is 1.00 bits per heavy atom. The number of benzene rings is 1. The molecule has 2 heteroatoms. The highest BCUT2D eigenvalue weighted by Crippen LogP contribution is 2.61. The van der Waals surface area contributed by atoms with E-state index in [9.17, 15) is 0 Å². The number of hydrogen-bond donors (Lipinski definition) is 0. The highest BCUT2D eigenvalue weighted by Gasteiger charge is 2.57. The fourth-order valence-electron chi connectivity index (χ4n) is 5.19. The third-order valence-corrected chi connectivity index (χ3v) is 6.60. The SMILES string of the molecule is Cc1ccc2c(c1-c1cccc[n+]1C)OC1(CC1)CC21CCCC1. The topological polar surface area (TPSA) is 13.1 Å². The van der Waals surface area contributed by atoms with Gasteiger partial charge in [0.25, 0.3) is 0 Å². The van der Waals surface area contributed by atoms with Crippen LogP contribution in [0.2, 0.25) is 0 Å². The van der Waals surface area contributed by atoms with Gasteiger partial charge in [-0.2, -0.15) is 0 Å². The normalized spacial score (nSPS) is 22.4. The van der Waals surface area contributed by atoms with E-state index in [0.717, 1.165) is 0 Å². The zero-order valence-corrected chi connectivity index (χ0v) is 14.8. The minimum atomic E-state index is 0.146. The number of aryl methyl sites for hydroxylation is 2. The minimum Gasteiger partial charge on any atom is -0.486 e. The predicted molar refractivity (Wildman–Crippen MR) is 95.1 cm³/mol. The summed E-state index contributed by atoms with van der Waals surface area (Å²) in [7, 11) is 2.13. The fraction of sp³-hybridized carbons (Fsp3) is 0.500. The number of pyridine rings is 1. The van der Waals surface area contributed by atoms with Gasteiger partial charge in [0.05, 0.1) is 5.56 Å². The van der Waals surface area contributed by atoms with Crippen molar-refractivity contribution < 1.29 is 9.30 Å². The molecule has 2 aromatic rings. The molecule has 0 bridgehead atoms. The van der Waals surface area contributed by atoms with Gasteiger partial charge in [-0.05, 0) is 50.7 Å². The molecular formula is C22H26NO+. The number of aromatic nitrogens is 1. The molecule has 2 aliphatic carbocycles. The van der Waals surface area contributed by atoms with Crippen LogP contribution in [0.15, 0.2) is 36.5 Å². The molecule has 1 aromatic carbocycles. The molecular weight excluding hydrogens is 294 g/mol. The lowest BCUT2D eigenvalue weighted by Gasteiger charge is -2.41. The smallest absolute Gasteiger partial charge is 0.216 e. The largest absolute Gasteiger partial charge is 0.486 e. The first kappa shape index (κ1) is 14.5. The summed E-state index contributed by atoms with van der Waals surface area (Å²) >= 11 is 0. The Morgan fingerprint density at radius 2 is 1.79 bits per heavy atom. The summed E-state index contributed by atoms with van der Waals surface area (Å²) in [4.78, 5) is 0. The Labute approximate surface area is 144 Å². The number of rotatable bonds is 1. The predicted octanol–water partition coefficient (Wildman–Crippen LogP) is 4.61. The van der Waals surface area contributed by atoms with Crippen LogP contribution in [0, 0.1) is 6.92 Å². The molecule has 2 fully saturated rings. The van der Waals surface area contributed by atoms with E-state index in [1.54, 1.807) is 0 Å². The molecule has 2 heterocycles. The van der Waals surface area contributed by atoms with Gasteiger partial charge in [-0.3, -0.25) is 0 Å². The second-order valence-electron chi connectivity index (χ2n) is 8.28. The summed E-state index contributed by atoms with van der Waals surface area (Å²) in [5.41, 5.74) is 5.90. The summed E-state index contributed by atoms with van der Waals surface area (Å²) in [5, 5.41) is 0. The maximum Gasteiger partial charge on any atom is 0.216 e. The fourth-order valence-corrected chi connectivity index (χ4v) is 5.19. The molecule has 0 unspecified atom stereocenters. The third kappa shape index (κ3) is 1.98. The van der Waals surface area contributed by atoms with Crippen molar-refractivity contribution in [3.63, 3.8) is 0 Å². The van der Waals surface area contributed by atoms with Gasteiger partial charge in [-0.15, -0.1) is 0 Å². The summed E-state index contributed by atoms with van der Waals surface area (Å²) in [6.07, 6.45) is 11.3. The van der Waals surface area contributed by atoms with Gasteiger partial charge in [-0.25, -0.2) is 4.57 Å². The lowest BCUT2D eigenvalue weighted by molar-refractivity contribution is -0.660. The van der Waals surface area contributed by atoms with Crippen LogP contribution >= 0.6 is 0 Å². The molecule has 0 N–H and O–H groups in total. The van der Waals surface area contributed by atoms with E-state index >= 15 is 0 Å². The number of hydrogen-bond acceptors (Lipinski definition) is 1. The van der Waals surface area contributed by atoms with Crippen molar-refractivity contribution in [2.45, 2.75) is 62.9 Å². The van der Waals surface area contributed by atoms with Crippen LogP contribution in [0.5, 0.6) is 5.75 Å². The van der Waals surface area contributed by atoms with E-state index in [0.29, 0.717) is 5.41 Å². The maximum atomic E-state index is 6.73. The van der Waals surface area contributed by atoms with E-state index in [1.807, 2.05) is 0 Å². The molecule has 5 rings (SSSR count). The molecule has 1 aromatic heterocycles. The average molecular weight is 320 g/mol. The van der Waals surface area contributed by atoms with Crippen molar-refractivity contribution in [3.05, 3.63) is 47.7 Å². The first-order valence-corrected chi connectivity index (χ1v) is 9.41. The van der Waals surface area contributed by atoms with E-state index in [4.69, 9.17) is 4.74 Å². The van der Waals surface area contributed by atoms with Crippen LogP contribution < -0.4 is 9.30 Å². The lowest BCUT2D eigenvalue weighted by Crippen LogP contribution is -2.39. The van der Waals surface area contributed by atoms with Crippen molar-refractivity contribution in [2.75, 3.05) is 0 Å². The van der Waals surface area contributed by atoms with Crippen LogP contribution in [0.3, 0.4) is 0 Å². The zero-order valence-electron chi connectivity index (χ0n) is 14.8. The Kier molecular flexibility index (Phi) is 2.93. The molecule has 0 amide bonds. The van der Waals surface area contributed by atoms with Crippen molar-refractivity contribution in [3.8, 4) is 17.0 Å². The molecule has 24 heavy (non-hydrogen) atoms. The van der Waals surface area contributed by atoms with Crippen LogP contribution in [0.1, 0.15) is 56.1 Å².